The molecule has 2 aromatic rings. The van der Waals surface area contributed by atoms with E-state index in [4.69, 9.17) is 9.15 Å². The molecular formula is C18H23N3O4. The Kier molecular flexibility index (Phi) is 4.92. The molecule has 7 heteroatoms. The van der Waals surface area contributed by atoms with Gasteiger partial charge in [-0.15, -0.1) is 0 Å². The van der Waals surface area contributed by atoms with Gasteiger partial charge < -0.3 is 14.1 Å². The van der Waals surface area contributed by atoms with Gasteiger partial charge in [-0.05, 0) is 44.4 Å². The first-order valence-electron chi connectivity index (χ1n) is 8.48. The number of aromatic nitrogens is 2. The Balaban J connectivity index is 1.71. The molecule has 0 aromatic carbocycles. The van der Waals surface area contributed by atoms with Crippen LogP contribution < -0.4 is 0 Å². The minimum Gasteiger partial charge on any atom is -0.466 e. The minimum atomic E-state index is -0.192. The number of carbonyl (C=O) groups excluding carboxylic acids is 2. The number of esters is 1. The van der Waals surface area contributed by atoms with E-state index in [1.54, 1.807) is 28.6 Å². The Morgan fingerprint density at radius 3 is 2.88 bits per heavy atom. The lowest BCUT2D eigenvalue weighted by Gasteiger charge is -2.20. The molecule has 1 saturated carbocycles. The Labute approximate surface area is 146 Å². The molecule has 2 atom stereocenters. The van der Waals surface area contributed by atoms with Crippen molar-refractivity contribution in [1.82, 2.24) is 14.7 Å². The monoisotopic (exact) mass is 345 g/mol. The van der Waals surface area contributed by atoms with Gasteiger partial charge in [-0.1, -0.05) is 0 Å². The maximum Gasteiger partial charge on any atom is 0.309 e. The van der Waals surface area contributed by atoms with Crippen LogP contribution in [0.15, 0.2) is 28.9 Å². The highest BCUT2D eigenvalue weighted by atomic mass is 16.5. The number of amides is 1. The molecule has 0 aliphatic heterocycles. The number of ether oxygens (including phenoxy) is 1. The molecule has 134 valence electrons. The van der Waals surface area contributed by atoms with Crippen LogP contribution in [0.25, 0.3) is 0 Å². The van der Waals surface area contributed by atoms with Crippen molar-refractivity contribution in [3.05, 3.63) is 41.6 Å². The maximum atomic E-state index is 12.7. The summed E-state index contributed by atoms with van der Waals surface area (Å²) in [6.45, 7) is 5.01. The predicted octanol–water partition coefficient (Wildman–Crippen LogP) is 2.16. The molecule has 1 aliphatic rings. The number of nitrogens with zero attached hydrogens (tertiary/aromatic N) is 3. The van der Waals surface area contributed by atoms with Gasteiger partial charge in [0.15, 0.2) is 5.76 Å². The van der Waals surface area contributed by atoms with Crippen molar-refractivity contribution in [2.75, 3.05) is 13.2 Å². The van der Waals surface area contributed by atoms with Crippen molar-refractivity contribution in [1.29, 1.82) is 0 Å². The largest absolute Gasteiger partial charge is 0.466 e. The fourth-order valence-corrected chi connectivity index (χ4v) is 2.95. The van der Waals surface area contributed by atoms with E-state index in [-0.39, 0.29) is 23.7 Å². The lowest BCUT2D eigenvalue weighted by molar-refractivity contribution is -0.145. The molecule has 0 bridgehead atoms. The lowest BCUT2D eigenvalue weighted by atomic mass is 10.2. The Bertz CT molecular complexity index is 731. The van der Waals surface area contributed by atoms with Crippen LogP contribution in [-0.2, 0) is 23.1 Å². The summed E-state index contributed by atoms with van der Waals surface area (Å²) < 4.78 is 12.1. The molecule has 0 saturated heterocycles. The summed E-state index contributed by atoms with van der Waals surface area (Å²) in [6.07, 6.45) is 2.23. The molecule has 2 aromatic heterocycles. The normalized spacial score (nSPS) is 18.8. The Morgan fingerprint density at radius 1 is 1.48 bits per heavy atom. The first-order chi connectivity index (χ1) is 12.0. The van der Waals surface area contributed by atoms with Crippen LogP contribution in [0.1, 0.15) is 35.3 Å². The summed E-state index contributed by atoms with van der Waals surface area (Å²) in [6, 6.07) is 5.29. The average Bonchev–Trinajstić information content (AvgIpc) is 2.99. The van der Waals surface area contributed by atoms with Crippen molar-refractivity contribution in [3.8, 4) is 0 Å². The van der Waals surface area contributed by atoms with Crippen molar-refractivity contribution in [2.24, 2.45) is 18.9 Å². The van der Waals surface area contributed by atoms with Crippen molar-refractivity contribution < 1.29 is 18.7 Å². The highest BCUT2D eigenvalue weighted by Gasteiger charge is 2.45. The summed E-state index contributed by atoms with van der Waals surface area (Å²) in [5.41, 5.74) is 1.84. The average molecular weight is 345 g/mol. The number of rotatable bonds is 7. The van der Waals surface area contributed by atoms with Gasteiger partial charge in [0.05, 0.1) is 31.0 Å². The van der Waals surface area contributed by atoms with Crippen LogP contribution in [0.5, 0.6) is 0 Å². The highest BCUT2D eigenvalue weighted by Crippen LogP contribution is 2.40. The van der Waals surface area contributed by atoms with E-state index in [2.05, 4.69) is 5.10 Å². The van der Waals surface area contributed by atoms with E-state index in [1.807, 2.05) is 20.0 Å². The molecule has 1 amide bonds. The van der Waals surface area contributed by atoms with Crippen LogP contribution in [-0.4, -0.2) is 39.7 Å². The third kappa shape index (κ3) is 3.92. The summed E-state index contributed by atoms with van der Waals surface area (Å²) in [5, 5.41) is 4.43. The smallest absolute Gasteiger partial charge is 0.309 e. The fourth-order valence-electron chi connectivity index (χ4n) is 2.95. The second kappa shape index (κ2) is 7.13. The van der Waals surface area contributed by atoms with Crippen LogP contribution in [0.2, 0.25) is 0 Å². The summed E-state index contributed by atoms with van der Waals surface area (Å²) in [4.78, 5) is 26.3. The molecule has 25 heavy (non-hydrogen) atoms. The topological polar surface area (TPSA) is 77.6 Å². The van der Waals surface area contributed by atoms with Crippen molar-refractivity contribution in [2.45, 2.75) is 26.8 Å². The van der Waals surface area contributed by atoms with E-state index in [0.717, 1.165) is 17.8 Å². The predicted molar refractivity (Wildman–Crippen MR) is 89.6 cm³/mol. The molecule has 0 radical (unpaired) electrons. The second-order valence-corrected chi connectivity index (χ2v) is 6.42. The number of hydrogen-bond acceptors (Lipinski definition) is 5. The Hall–Kier alpha value is -2.57. The lowest BCUT2D eigenvalue weighted by Crippen LogP contribution is -2.33. The number of furan rings is 1. The molecule has 2 heterocycles. The van der Waals surface area contributed by atoms with Gasteiger partial charge >= 0.3 is 5.97 Å². The van der Waals surface area contributed by atoms with Gasteiger partial charge in [-0.2, -0.15) is 5.10 Å². The van der Waals surface area contributed by atoms with Gasteiger partial charge in [0.2, 0.25) is 0 Å². The second-order valence-electron chi connectivity index (χ2n) is 6.42. The first-order valence-corrected chi connectivity index (χ1v) is 8.48. The summed E-state index contributed by atoms with van der Waals surface area (Å²) in [7, 11) is 1.87. The van der Waals surface area contributed by atoms with Crippen molar-refractivity contribution in [3.63, 3.8) is 0 Å². The summed E-state index contributed by atoms with van der Waals surface area (Å²) in [5.74, 6) is -0.0597. The molecule has 3 rings (SSSR count). The van der Waals surface area contributed by atoms with E-state index in [0.29, 0.717) is 25.5 Å². The first kappa shape index (κ1) is 17.3. The molecule has 1 fully saturated rings. The van der Waals surface area contributed by atoms with Crippen LogP contribution in [0.3, 0.4) is 0 Å². The van der Waals surface area contributed by atoms with E-state index in [1.165, 1.54) is 6.26 Å². The maximum absolute atomic E-state index is 12.7. The molecule has 7 nitrogen and oxygen atoms in total. The van der Waals surface area contributed by atoms with Gasteiger partial charge in [0.1, 0.15) is 0 Å². The fraction of sp³-hybridized carbons (Fsp3) is 0.500. The molecular weight excluding hydrogens is 322 g/mol. The van der Waals surface area contributed by atoms with Crippen molar-refractivity contribution >= 4 is 11.9 Å². The SMILES string of the molecule is CCOC(=O)[C@@H]1C[C@@H]1CN(Cc1cc(C)n(C)n1)C(=O)c1ccco1. The van der Waals surface area contributed by atoms with Crippen LogP contribution in [0, 0.1) is 18.8 Å². The van der Waals surface area contributed by atoms with Crippen LogP contribution in [0.4, 0.5) is 0 Å². The standard InChI is InChI=1S/C18H23N3O4/c1-4-24-18(23)15-9-13(15)10-21(17(22)16-6-5-7-25-16)11-14-8-12(2)20(3)19-14/h5-8,13,15H,4,9-11H2,1-3H3/t13-,15-/m1/s1. The zero-order valence-corrected chi connectivity index (χ0v) is 14.8. The van der Waals surface area contributed by atoms with Gasteiger partial charge in [-0.3, -0.25) is 14.3 Å². The minimum absolute atomic E-state index is 0.114. The number of aryl methyl sites for hydroxylation is 2. The molecule has 0 unspecified atom stereocenters. The van der Waals surface area contributed by atoms with Gasteiger partial charge in [-0.25, -0.2) is 0 Å². The highest BCUT2D eigenvalue weighted by molar-refractivity contribution is 5.91. The van der Waals surface area contributed by atoms with Gasteiger partial charge in [0.25, 0.3) is 5.91 Å². The number of hydrogen-bond donors (Lipinski definition) is 0. The Morgan fingerprint density at radius 2 is 2.28 bits per heavy atom. The third-order valence-electron chi connectivity index (χ3n) is 4.50. The van der Waals surface area contributed by atoms with Gasteiger partial charge in [0, 0.05) is 19.3 Å². The van der Waals surface area contributed by atoms with Crippen LogP contribution >= 0.6 is 0 Å². The molecule has 1 aliphatic carbocycles. The third-order valence-corrected chi connectivity index (χ3v) is 4.50. The zero-order chi connectivity index (χ0) is 18.0. The quantitative estimate of drug-likeness (QED) is 0.719. The van der Waals surface area contributed by atoms with E-state index in [9.17, 15) is 9.59 Å². The number of carbonyl (C=O) groups is 2. The molecule has 0 N–H and O–H groups in total. The zero-order valence-electron chi connectivity index (χ0n) is 14.8. The molecule has 0 spiro atoms. The van der Waals surface area contributed by atoms with E-state index < -0.39 is 0 Å². The summed E-state index contributed by atoms with van der Waals surface area (Å²) >= 11 is 0. The van der Waals surface area contributed by atoms with E-state index >= 15 is 0 Å².